The van der Waals surface area contributed by atoms with Gasteiger partial charge in [-0.3, -0.25) is 0 Å². The molecular formula is C13H12FNO2S2. The van der Waals surface area contributed by atoms with E-state index in [9.17, 15) is 8.94 Å². The molecule has 0 aliphatic carbocycles. The van der Waals surface area contributed by atoms with Gasteiger partial charge in [0.2, 0.25) is 0 Å². The smallest absolute Gasteiger partial charge is 0.156 e. The number of rotatable bonds is 4. The van der Waals surface area contributed by atoms with E-state index in [1.807, 2.05) is 0 Å². The molecule has 2 aromatic rings. The number of thiol groups is 1. The summed E-state index contributed by atoms with van der Waals surface area (Å²) in [5.74, 6) is 0.642. The van der Waals surface area contributed by atoms with Crippen LogP contribution in [0.1, 0.15) is 0 Å². The van der Waals surface area contributed by atoms with E-state index in [-0.39, 0.29) is 5.82 Å². The molecule has 0 saturated heterocycles. The number of benzene rings is 2. The van der Waals surface area contributed by atoms with Crippen LogP contribution in [0.2, 0.25) is 0 Å². The molecule has 3 nitrogen and oxygen atoms in total. The van der Waals surface area contributed by atoms with Gasteiger partial charge in [0.1, 0.15) is 23.5 Å². The maximum Gasteiger partial charge on any atom is 0.156 e. The molecule has 0 amide bonds. The normalized spacial score (nSPS) is 12.0. The van der Waals surface area contributed by atoms with Gasteiger partial charge in [-0.05, 0) is 42.5 Å². The van der Waals surface area contributed by atoms with Crippen LogP contribution < -0.4 is 9.46 Å². The number of hydrogen-bond donors (Lipinski definition) is 2. The van der Waals surface area contributed by atoms with Crippen molar-refractivity contribution in [2.45, 2.75) is 4.90 Å². The number of anilines is 1. The molecular weight excluding hydrogens is 285 g/mol. The van der Waals surface area contributed by atoms with Gasteiger partial charge < -0.3 is 9.29 Å². The molecule has 0 aliphatic rings. The van der Waals surface area contributed by atoms with E-state index in [0.29, 0.717) is 22.1 Å². The lowest BCUT2D eigenvalue weighted by molar-refractivity contribution is 0.481. The van der Waals surface area contributed by atoms with Crippen LogP contribution in [0.4, 0.5) is 10.1 Å². The maximum atomic E-state index is 12.8. The molecule has 0 heterocycles. The number of ether oxygens (including phenoxy) is 1. The Balaban J connectivity index is 2.27. The van der Waals surface area contributed by atoms with E-state index in [0.717, 1.165) is 0 Å². The second-order valence-corrected chi connectivity index (χ2v) is 5.42. The fourth-order valence-corrected chi connectivity index (χ4v) is 2.13. The summed E-state index contributed by atoms with van der Waals surface area (Å²) in [7, 11) is 0. The first-order chi connectivity index (χ1) is 9.04. The van der Waals surface area contributed by atoms with Crippen LogP contribution in [0.25, 0.3) is 0 Å². The summed E-state index contributed by atoms with van der Waals surface area (Å²) >= 11 is 3.02. The van der Waals surface area contributed by atoms with E-state index in [1.54, 1.807) is 18.2 Å². The summed E-state index contributed by atoms with van der Waals surface area (Å²) < 4.78 is 32.4. The van der Waals surface area contributed by atoms with Crippen LogP contribution in [0.5, 0.6) is 11.5 Å². The van der Waals surface area contributed by atoms with Crippen LogP contribution in [0.15, 0.2) is 47.4 Å². The highest BCUT2D eigenvalue weighted by molar-refractivity contribution is 7.92. The van der Waals surface area contributed by atoms with Crippen molar-refractivity contribution >= 4 is 29.7 Å². The Morgan fingerprint density at radius 3 is 2.53 bits per heavy atom. The van der Waals surface area contributed by atoms with Crippen molar-refractivity contribution in [2.75, 3.05) is 11.0 Å². The van der Waals surface area contributed by atoms with Gasteiger partial charge >= 0.3 is 0 Å². The first-order valence-electron chi connectivity index (χ1n) is 5.41. The highest BCUT2D eigenvalue weighted by atomic mass is 32.2. The molecule has 100 valence electrons. The first kappa shape index (κ1) is 14.0. The molecule has 0 aromatic heterocycles. The van der Waals surface area contributed by atoms with E-state index in [4.69, 9.17) is 4.74 Å². The number of halogens is 1. The lowest BCUT2D eigenvalue weighted by atomic mass is 10.3. The van der Waals surface area contributed by atoms with Gasteiger partial charge in [-0.2, -0.15) is 0 Å². The molecule has 6 heteroatoms. The lowest BCUT2D eigenvalue weighted by Crippen LogP contribution is -2.10. The third-order valence-electron chi connectivity index (χ3n) is 2.26. The summed E-state index contributed by atoms with van der Waals surface area (Å²) in [4.78, 5) is 0.713. The predicted octanol–water partition coefficient (Wildman–Crippen LogP) is 3.61. The van der Waals surface area contributed by atoms with Gasteiger partial charge in [-0.25, -0.2) is 9.11 Å². The van der Waals surface area contributed by atoms with Gasteiger partial charge in [0.15, 0.2) is 5.75 Å². The molecule has 0 aliphatic heterocycles. The molecule has 1 atom stereocenters. The Morgan fingerprint density at radius 1 is 1.21 bits per heavy atom. The van der Waals surface area contributed by atoms with Crippen molar-refractivity contribution in [3.63, 3.8) is 0 Å². The fraction of sp³-hybridized carbons (Fsp3) is 0.0769. The van der Waals surface area contributed by atoms with Crippen LogP contribution in [0.3, 0.4) is 0 Å². The summed E-state index contributed by atoms with van der Waals surface area (Å²) in [6.45, 7) is 0. The zero-order chi connectivity index (χ0) is 13.8. The Morgan fingerprint density at radius 2 is 1.89 bits per heavy atom. The summed E-state index contributed by atoms with van der Waals surface area (Å²) in [6.07, 6.45) is 1.52. The zero-order valence-corrected chi connectivity index (χ0v) is 11.8. The van der Waals surface area contributed by atoms with Gasteiger partial charge in [-0.15, -0.1) is 12.6 Å². The number of nitrogens with one attached hydrogen (secondary N) is 1. The topological polar surface area (TPSA) is 44.3 Å². The third-order valence-corrected chi connectivity index (χ3v) is 3.05. The Labute approximate surface area is 119 Å². The Hall–Kier alpha value is -1.37. The average molecular weight is 297 g/mol. The van der Waals surface area contributed by atoms with Gasteiger partial charge in [-0.1, -0.05) is 0 Å². The molecule has 19 heavy (non-hydrogen) atoms. The van der Waals surface area contributed by atoms with Crippen LogP contribution in [0, 0.1) is 5.82 Å². The highest BCUT2D eigenvalue weighted by Gasteiger charge is 2.09. The van der Waals surface area contributed by atoms with Crippen molar-refractivity contribution in [1.29, 1.82) is 0 Å². The van der Waals surface area contributed by atoms with Crippen molar-refractivity contribution in [1.82, 2.24) is 0 Å². The summed E-state index contributed by atoms with van der Waals surface area (Å²) in [5, 5.41) is 0. The molecule has 0 fully saturated rings. The van der Waals surface area contributed by atoms with E-state index < -0.39 is 11.4 Å². The standard InChI is InChI=1S/C13H12FNO2S2/c1-19(16)15-12-7-6-11(18)8-13(12)17-10-4-2-9(14)3-5-10/h2-8,15,18H,1H3. The molecule has 0 spiro atoms. The average Bonchev–Trinajstić information content (AvgIpc) is 2.35. The van der Waals surface area contributed by atoms with E-state index in [1.165, 1.54) is 30.5 Å². The van der Waals surface area contributed by atoms with Gasteiger partial charge in [0.05, 0.1) is 11.4 Å². The molecule has 2 rings (SSSR count). The van der Waals surface area contributed by atoms with Crippen molar-refractivity contribution in [2.24, 2.45) is 0 Å². The molecule has 1 N–H and O–H groups in total. The second kappa shape index (κ2) is 6.18. The minimum Gasteiger partial charge on any atom is -0.593 e. The van der Waals surface area contributed by atoms with Gasteiger partial charge in [0, 0.05) is 4.90 Å². The van der Waals surface area contributed by atoms with Crippen molar-refractivity contribution in [3.05, 3.63) is 48.3 Å². The minimum absolute atomic E-state index is 0.330. The Bertz CT molecular complexity index is 561. The molecule has 0 bridgehead atoms. The molecule has 0 saturated carbocycles. The lowest BCUT2D eigenvalue weighted by Gasteiger charge is -2.13. The molecule has 2 aromatic carbocycles. The van der Waals surface area contributed by atoms with Crippen LogP contribution >= 0.6 is 12.6 Å². The molecule has 0 radical (unpaired) electrons. The summed E-state index contributed by atoms with van der Waals surface area (Å²) in [6, 6.07) is 10.8. The Kier molecular flexibility index (Phi) is 4.57. The van der Waals surface area contributed by atoms with Gasteiger partial charge in [0.25, 0.3) is 0 Å². The third kappa shape index (κ3) is 4.05. The van der Waals surface area contributed by atoms with Crippen LogP contribution in [-0.4, -0.2) is 10.8 Å². The fourth-order valence-electron chi connectivity index (χ4n) is 1.46. The van der Waals surface area contributed by atoms with E-state index >= 15 is 0 Å². The number of hydrogen-bond acceptors (Lipinski definition) is 4. The van der Waals surface area contributed by atoms with E-state index in [2.05, 4.69) is 17.4 Å². The minimum atomic E-state index is -1.21. The maximum absolute atomic E-state index is 12.8. The SMILES string of the molecule is C[S+]([O-])Nc1ccc(S)cc1Oc1ccc(F)cc1. The quantitative estimate of drug-likeness (QED) is 0.669. The monoisotopic (exact) mass is 297 g/mol. The molecule has 1 unspecified atom stereocenters. The predicted molar refractivity (Wildman–Crippen MR) is 77.9 cm³/mol. The summed E-state index contributed by atoms with van der Waals surface area (Å²) in [5.41, 5.74) is 0.586. The zero-order valence-electron chi connectivity index (χ0n) is 10.1. The van der Waals surface area contributed by atoms with Crippen LogP contribution in [-0.2, 0) is 11.4 Å². The second-order valence-electron chi connectivity index (χ2n) is 3.79. The first-order valence-corrected chi connectivity index (χ1v) is 7.41. The highest BCUT2D eigenvalue weighted by Crippen LogP contribution is 2.32. The largest absolute Gasteiger partial charge is 0.593 e. The van der Waals surface area contributed by atoms with Crippen molar-refractivity contribution in [3.8, 4) is 11.5 Å². The van der Waals surface area contributed by atoms with Crippen molar-refractivity contribution < 1.29 is 13.7 Å².